The second-order valence-electron chi connectivity index (χ2n) is 10.4. The number of rotatable bonds is 7. The van der Waals surface area contributed by atoms with Gasteiger partial charge in [-0.05, 0) is 86.8 Å². The van der Waals surface area contributed by atoms with Gasteiger partial charge in [0.2, 0.25) is 0 Å². The third-order valence-corrected chi connectivity index (χ3v) is 8.27. The maximum absolute atomic E-state index is 10.1. The normalized spacial score (nSPS) is 13.9. The van der Waals surface area contributed by atoms with Crippen LogP contribution in [0.1, 0.15) is 72.9 Å². The predicted molar refractivity (Wildman–Crippen MR) is 150 cm³/mol. The van der Waals surface area contributed by atoms with Crippen molar-refractivity contribution in [2.45, 2.75) is 57.8 Å². The summed E-state index contributed by atoms with van der Waals surface area (Å²) < 4.78 is 0. The van der Waals surface area contributed by atoms with Crippen molar-refractivity contribution in [3.63, 3.8) is 0 Å². The molecule has 0 heterocycles. The van der Waals surface area contributed by atoms with Gasteiger partial charge in [0.25, 0.3) is 0 Å². The van der Waals surface area contributed by atoms with Gasteiger partial charge in [0.05, 0.1) is 5.41 Å². The first-order valence-corrected chi connectivity index (χ1v) is 13.5. The SMILES string of the molecule is CCCCc1ccc2c(c1)C1(c3ccccc3-c3ccc(B(O)O)cc31)c1cc(CCCC)ccc1-2. The van der Waals surface area contributed by atoms with E-state index in [2.05, 4.69) is 80.6 Å². The molecule has 2 aliphatic carbocycles. The number of fused-ring (bicyclic) bond motifs is 10. The fourth-order valence-electron chi connectivity index (χ4n) is 6.53. The topological polar surface area (TPSA) is 40.5 Å². The Morgan fingerprint density at radius 3 is 1.64 bits per heavy atom. The van der Waals surface area contributed by atoms with E-state index in [0.717, 1.165) is 18.4 Å². The van der Waals surface area contributed by atoms with Crippen LogP contribution in [0.5, 0.6) is 0 Å². The molecule has 0 fully saturated rings. The molecule has 0 unspecified atom stereocenters. The predicted octanol–water partition coefficient (Wildman–Crippen LogP) is 6.40. The van der Waals surface area contributed by atoms with Gasteiger partial charge in [-0.3, -0.25) is 0 Å². The maximum atomic E-state index is 10.1. The average Bonchev–Trinajstić information content (AvgIpc) is 3.36. The Labute approximate surface area is 214 Å². The van der Waals surface area contributed by atoms with Crippen molar-refractivity contribution in [2.75, 3.05) is 0 Å². The van der Waals surface area contributed by atoms with Gasteiger partial charge >= 0.3 is 7.12 Å². The number of hydrogen-bond acceptors (Lipinski definition) is 2. The summed E-state index contributed by atoms with van der Waals surface area (Å²) in [4.78, 5) is 0. The molecule has 0 atom stereocenters. The van der Waals surface area contributed by atoms with Gasteiger partial charge in [-0.15, -0.1) is 0 Å². The van der Waals surface area contributed by atoms with Crippen LogP contribution in [0.4, 0.5) is 0 Å². The number of benzene rings is 4. The molecule has 0 aliphatic heterocycles. The first kappa shape index (κ1) is 23.3. The average molecular weight is 472 g/mol. The summed E-state index contributed by atoms with van der Waals surface area (Å²) in [6.45, 7) is 4.49. The van der Waals surface area contributed by atoms with E-state index in [9.17, 15) is 10.0 Å². The van der Waals surface area contributed by atoms with Crippen molar-refractivity contribution in [2.24, 2.45) is 0 Å². The van der Waals surface area contributed by atoms with Crippen LogP contribution in [-0.4, -0.2) is 17.2 Å². The maximum Gasteiger partial charge on any atom is 0.488 e. The van der Waals surface area contributed by atoms with Gasteiger partial charge in [0.15, 0.2) is 0 Å². The summed E-state index contributed by atoms with van der Waals surface area (Å²) in [6, 6.07) is 28.9. The highest BCUT2D eigenvalue weighted by molar-refractivity contribution is 6.58. The van der Waals surface area contributed by atoms with Gasteiger partial charge in [0.1, 0.15) is 0 Å². The second kappa shape index (κ2) is 9.07. The first-order chi connectivity index (χ1) is 17.6. The van der Waals surface area contributed by atoms with E-state index in [1.807, 2.05) is 12.1 Å². The Morgan fingerprint density at radius 1 is 0.583 bits per heavy atom. The Kier molecular flexibility index (Phi) is 5.86. The summed E-state index contributed by atoms with van der Waals surface area (Å²) in [7, 11) is -1.50. The fourth-order valence-corrected chi connectivity index (χ4v) is 6.53. The number of unbranched alkanes of at least 4 members (excludes halogenated alkanes) is 2. The smallest absolute Gasteiger partial charge is 0.423 e. The van der Waals surface area contributed by atoms with Gasteiger partial charge in [-0.25, -0.2) is 0 Å². The largest absolute Gasteiger partial charge is 0.488 e. The van der Waals surface area contributed by atoms with E-state index in [1.165, 1.54) is 75.8 Å². The molecule has 36 heavy (non-hydrogen) atoms. The minimum absolute atomic E-state index is 0.452. The van der Waals surface area contributed by atoms with Crippen LogP contribution in [0.25, 0.3) is 22.3 Å². The van der Waals surface area contributed by atoms with E-state index >= 15 is 0 Å². The van der Waals surface area contributed by atoms with E-state index in [4.69, 9.17) is 0 Å². The quantitative estimate of drug-likeness (QED) is 0.264. The fraction of sp³-hybridized carbons (Fsp3) is 0.273. The molecule has 0 amide bonds. The van der Waals surface area contributed by atoms with Gasteiger partial charge in [-0.2, -0.15) is 0 Å². The van der Waals surface area contributed by atoms with Gasteiger partial charge < -0.3 is 10.0 Å². The molecule has 0 radical (unpaired) electrons. The molecule has 3 heteroatoms. The van der Waals surface area contributed by atoms with Crippen LogP contribution < -0.4 is 5.46 Å². The number of aryl methyl sites for hydroxylation is 2. The van der Waals surface area contributed by atoms with Gasteiger partial charge in [0, 0.05) is 0 Å². The Balaban J connectivity index is 1.70. The van der Waals surface area contributed by atoms with Crippen LogP contribution in [0, 0.1) is 0 Å². The van der Waals surface area contributed by atoms with E-state index in [-0.39, 0.29) is 0 Å². The summed E-state index contributed by atoms with van der Waals surface area (Å²) in [5, 5.41) is 20.3. The highest BCUT2D eigenvalue weighted by atomic mass is 16.4. The lowest BCUT2D eigenvalue weighted by molar-refractivity contribution is 0.425. The molecular weight excluding hydrogens is 439 g/mol. The zero-order valence-corrected chi connectivity index (χ0v) is 21.2. The van der Waals surface area contributed by atoms with Crippen LogP contribution in [0.3, 0.4) is 0 Å². The molecule has 4 aromatic carbocycles. The molecule has 0 bridgehead atoms. The standard InChI is InChI=1S/C33H33BO2/c1-3-5-9-22-13-16-26-27-17-14-23(10-6-4-2)20-31(27)33(30(26)19-22)29-12-8-7-11-25(29)28-18-15-24(34(35)36)21-32(28)33/h7-8,11-21,35-36H,3-6,9-10H2,1-2H3. The third kappa shape index (κ3) is 3.33. The molecule has 0 aromatic heterocycles. The van der Waals surface area contributed by atoms with E-state index in [0.29, 0.717) is 5.46 Å². The molecule has 2 N–H and O–H groups in total. The second-order valence-corrected chi connectivity index (χ2v) is 10.4. The molecule has 1 spiro atoms. The van der Waals surface area contributed by atoms with Crippen molar-refractivity contribution >= 4 is 12.6 Å². The lowest BCUT2D eigenvalue weighted by Gasteiger charge is -2.31. The molecule has 0 saturated heterocycles. The van der Waals surface area contributed by atoms with Crippen molar-refractivity contribution in [1.82, 2.24) is 0 Å². The summed E-state index contributed by atoms with van der Waals surface area (Å²) in [5.41, 5.74) is 13.0. The molecule has 4 aromatic rings. The molecular formula is C33H33BO2. The zero-order chi connectivity index (χ0) is 24.9. The molecule has 180 valence electrons. The van der Waals surface area contributed by atoms with Crippen LogP contribution in [0.15, 0.2) is 78.9 Å². The molecule has 2 nitrogen and oxygen atoms in total. The van der Waals surface area contributed by atoms with Crippen molar-refractivity contribution in [3.05, 3.63) is 112 Å². The summed E-state index contributed by atoms with van der Waals surface area (Å²) in [5.74, 6) is 0. The summed E-state index contributed by atoms with van der Waals surface area (Å²) in [6.07, 6.45) is 6.84. The van der Waals surface area contributed by atoms with E-state index < -0.39 is 12.5 Å². The third-order valence-electron chi connectivity index (χ3n) is 8.27. The molecule has 0 saturated carbocycles. The van der Waals surface area contributed by atoms with Crippen molar-refractivity contribution in [1.29, 1.82) is 0 Å². The Bertz CT molecular complexity index is 1390. The lowest BCUT2D eigenvalue weighted by atomic mass is 9.68. The van der Waals surface area contributed by atoms with E-state index in [1.54, 1.807) is 0 Å². The number of hydrogen-bond donors (Lipinski definition) is 2. The van der Waals surface area contributed by atoms with Gasteiger partial charge in [-0.1, -0.05) is 106 Å². The first-order valence-electron chi connectivity index (χ1n) is 13.5. The Hall–Kier alpha value is -3.14. The zero-order valence-electron chi connectivity index (χ0n) is 21.2. The lowest BCUT2D eigenvalue weighted by Crippen LogP contribution is -2.33. The van der Waals surface area contributed by atoms with Crippen molar-refractivity contribution < 1.29 is 10.0 Å². The monoisotopic (exact) mass is 472 g/mol. The summed E-state index contributed by atoms with van der Waals surface area (Å²) >= 11 is 0. The Morgan fingerprint density at radius 2 is 1.08 bits per heavy atom. The van der Waals surface area contributed by atoms with Crippen molar-refractivity contribution in [3.8, 4) is 22.3 Å². The highest BCUT2D eigenvalue weighted by Gasteiger charge is 2.52. The molecule has 6 rings (SSSR count). The highest BCUT2D eigenvalue weighted by Crippen LogP contribution is 2.62. The van der Waals surface area contributed by atoms with Crippen LogP contribution in [0.2, 0.25) is 0 Å². The van der Waals surface area contributed by atoms with Crippen LogP contribution >= 0.6 is 0 Å². The minimum atomic E-state index is -1.50. The molecule has 2 aliphatic rings. The van der Waals surface area contributed by atoms with Crippen LogP contribution in [-0.2, 0) is 18.3 Å². The minimum Gasteiger partial charge on any atom is -0.423 e.